The third kappa shape index (κ3) is 3.42. The molecule has 0 unspecified atom stereocenters. The lowest BCUT2D eigenvalue weighted by Crippen LogP contribution is -2.33. The van der Waals surface area contributed by atoms with Crippen molar-refractivity contribution in [3.63, 3.8) is 0 Å². The van der Waals surface area contributed by atoms with Gasteiger partial charge in [0.25, 0.3) is 15.0 Å². The minimum atomic E-state index is -4.31. The molecular weight excluding hydrogens is 328 g/mol. The van der Waals surface area contributed by atoms with E-state index >= 15 is 0 Å². The van der Waals surface area contributed by atoms with Crippen molar-refractivity contribution in [2.75, 3.05) is 0 Å². The third-order valence-corrected chi connectivity index (χ3v) is 4.74. The third-order valence-electron chi connectivity index (χ3n) is 3.20. The van der Waals surface area contributed by atoms with E-state index in [1.807, 2.05) is 0 Å². The van der Waals surface area contributed by atoms with E-state index < -0.39 is 31.2 Å². The van der Waals surface area contributed by atoms with Crippen molar-refractivity contribution in [3.05, 3.63) is 28.5 Å². The van der Waals surface area contributed by atoms with Crippen LogP contribution in [0.2, 0.25) is 5.02 Å². The van der Waals surface area contributed by atoms with Gasteiger partial charge in [0.2, 0.25) is 0 Å². The molecule has 2 rings (SSSR count). The molecule has 1 aromatic carbocycles. The van der Waals surface area contributed by atoms with Gasteiger partial charge in [0.05, 0.1) is 5.56 Å². The van der Waals surface area contributed by atoms with Crippen LogP contribution >= 0.6 is 22.3 Å². The van der Waals surface area contributed by atoms with Crippen molar-refractivity contribution in [2.24, 2.45) is 0 Å². The summed E-state index contributed by atoms with van der Waals surface area (Å²) in [5, 5.41) is 2.60. The second-order valence-electron chi connectivity index (χ2n) is 4.66. The summed E-state index contributed by atoms with van der Waals surface area (Å²) in [7, 11) is 0.818. The molecule has 0 atom stereocenters. The van der Waals surface area contributed by atoms with Crippen LogP contribution in [0.15, 0.2) is 17.0 Å². The van der Waals surface area contributed by atoms with E-state index in [9.17, 15) is 17.6 Å². The van der Waals surface area contributed by atoms with Crippen molar-refractivity contribution in [2.45, 2.75) is 36.6 Å². The second kappa shape index (κ2) is 5.87. The fourth-order valence-corrected chi connectivity index (χ4v) is 3.45. The molecule has 0 spiro atoms. The van der Waals surface area contributed by atoms with Crippen LogP contribution in [0.1, 0.15) is 36.0 Å². The van der Waals surface area contributed by atoms with Crippen LogP contribution in [0.3, 0.4) is 0 Å². The summed E-state index contributed by atoms with van der Waals surface area (Å²) in [4.78, 5) is 11.2. The van der Waals surface area contributed by atoms with Gasteiger partial charge in [0.1, 0.15) is 4.90 Å². The number of hydrogen-bond acceptors (Lipinski definition) is 3. The first-order chi connectivity index (χ1) is 9.29. The molecule has 1 amide bonds. The highest BCUT2D eigenvalue weighted by molar-refractivity contribution is 8.13. The minimum absolute atomic E-state index is 0.0167. The van der Waals surface area contributed by atoms with Gasteiger partial charge in [-0.05, 0) is 25.0 Å². The lowest BCUT2D eigenvalue weighted by atomic mass is 10.1. The molecule has 0 bridgehead atoms. The Labute approximate surface area is 125 Å². The summed E-state index contributed by atoms with van der Waals surface area (Å²) < 4.78 is 36.6. The van der Waals surface area contributed by atoms with Gasteiger partial charge in [-0.15, -0.1) is 0 Å². The Morgan fingerprint density at radius 1 is 1.30 bits per heavy atom. The highest BCUT2D eigenvalue weighted by Gasteiger charge is 2.25. The topological polar surface area (TPSA) is 63.2 Å². The van der Waals surface area contributed by atoms with Gasteiger partial charge in [-0.1, -0.05) is 24.4 Å². The summed E-state index contributed by atoms with van der Waals surface area (Å²) >= 11 is 5.72. The van der Waals surface area contributed by atoms with E-state index in [0.29, 0.717) is 0 Å². The van der Waals surface area contributed by atoms with Crippen molar-refractivity contribution < 1.29 is 17.6 Å². The van der Waals surface area contributed by atoms with Crippen molar-refractivity contribution in [1.82, 2.24) is 5.32 Å². The van der Waals surface area contributed by atoms with Crippen molar-refractivity contribution in [1.29, 1.82) is 0 Å². The van der Waals surface area contributed by atoms with Crippen LogP contribution < -0.4 is 5.32 Å². The monoisotopic (exact) mass is 339 g/mol. The molecule has 8 heteroatoms. The van der Waals surface area contributed by atoms with Gasteiger partial charge in [-0.2, -0.15) is 0 Å². The number of carbonyl (C=O) groups is 1. The quantitative estimate of drug-likeness (QED) is 0.860. The summed E-state index contributed by atoms with van der Waals surface area (Å²) in [6.07, 6.45) is 3.66. The average molecular weight is 340 g/mol. The summed E-state index contributed by atoms with van der Waals surface area (Å²) in [5.41, 5.74) is -0.413. The Morgan fingerprint density at radius 3 is 2.45 bits per heavy atom. The zero-order chi connectivity index (χ0) is 14.9. The van der Waals surface area contributed by atoms with E-state index in [1.165, 1.54) is 0 Å². The molecular formula is C12H12Cl2FNO3S. The van der Waals surface area contributed by atoms with Crippen LogP contribution in [0.5, 0.6) is 0 Å². The van der Waals surface area contributed by atoms with Gasteiger partial charge < -0.3 is 5.32 Å². The zero-order valence-corrected chi connectivity index (χ0v) is 12.7. The number of halogens is 3. The predicted octanol–water partition coefficient (Wildman–Crippen LogP) is 3.08. The maximum atomic E-state index is 14.1. The van der Waals surface area contributed by atoms with Crippen molar-refractivity contribution >= 4 is 37.2 Å². The van der Waals surface area contributed by atoms with Crippen molar-refractivity contribution in [3.8, 4) is 0 Å². The Bertz CT molecular complexity index is 642. The first-order valence-electron chi connectivity index (χ1n) is 6.03. The molecule has 110 valence electrons. The molecule has 0 radical (unpaired) electrons. The predicted molar refractivity (Wildman–Crippen MR) is 74.2 cm³/mol. The molecule has 0 saturated heterocycles. The molecule has 1 saturated carbocycles. The van der Waals surface area contributed by atoms with E-state index in [1.54, 1.807) is 0 Å². The lowest BCUT2D eigenvalue weighted by molar-refractivity contribution is 0.0933. The van der Waals surface area contributed by atoms with Crippen LogP contribution in [0.25, 0.3) is 0 Å². The highest BCUT2D eigenvalue weighted by atomic mass is 35.7. The molecule has 1 aromatic rings. The Kier molecular flexibility index (Phi) is 4.56. The minimum Gasteiger partial charge on any atom is -0.349 e. The smallest absolute Gasteiger partial charge is 0.264 e. The first kappa shape index (κ1) is 15.5. The lowest BCUT2D eigenvalue weighted by Gasteiger charge is -2.13. The van der Waals surface area contributed by atoms with E-state index in [-0.39, 0.29) is 11.1 Å². The number of benzene rings is 1. The van der Waals surface area contributed by atoms with Gasteiger partial charge in [-0.25, -0.2) is 12.8 Å². The summed E-state index contributed by atoms with van der Waals surface area (Å²) in [6.45, 7) is 0. The van der Waals surface area contributed by atoms with E-state index in [4.69, 9.17) is 22.3 Å². The normalized spacial score (nSPS) is 16.4. The Balaban J connectivity index is 2.36. The summed E-state index contributed by atoms with van der Waals surface area (Å²) in [6, 6.07) is 1.95. The SMILES string of the molecule is O=C(NC1CCCC1)c1cc(Cl)cc(S(=O)(=O)Cl)c1F. The maximum absolute atomic E-state index is 14.1. The van der Waals surface area contributed by atoms with E-state index in [0.717, 1.165) is 37.8 Å². The molecule has 20 heavy (non-hydrogen) atoms. The molecule has 1 fully saturated rings. The largest absolute Gasteiger partial charge is 0.349 e. The molecule has 0 aliphatic heterocycles. The average Bonchev–Trinajstić information content (AvgIpc) is 2.83. The van der Waals surface area contributed by atoms with Gasteiger partial charge in [-0.3, -0.25) is 4.79 Å². The number of hydrogen-bond donors (Lipinski definition) is 1. The molecule has 0 aromatic heterocycles. The molecule has 1 aliphatic carbocycles. The van der Waals surface area contributed by atoms with E-state index in [2.05, 4.69) is 5.32 Å². The highest BCUT2D eigenvalue weighted by Crippen LogP contribution is 2.27. The zero-order valence-electron chi connectivity index (χ0n) is 10.3. The maximum Gasteiger partial charge on any atom is 0.264 e. The van der Waals surface area contributed by atoms with Crippen LogP contribution in [0.4, 0.5) is 4.39 Å². The first-order valence-corrected chi connectivity index (χ1v) is 8.72. The molecule has 4 nitrogen and oxygen atoms in total. The number of rotatable bonds is 3. The van der Waals surface area contributed by atoms with Crippen LogP contribution in [-0.2, 0) is 9.05 Å². The summed E-state index contributed by atoms with van der Waals surface area (Å²) in [5.74, 6) is -1.86. The second-order valence-corrected chi connectivity index (χ2v) is 7.63. The molecule has 0 heterocycles. The molecule has 1 N–H and O–H groups in total. The Hall–Kier alpha value is -0.850. The number of carbonyl (C=O) groups excluding carboxylic acids is 1. The fourth-order valence-electron chi connectivity index (χ4n) is 2.24. The van der Waals surface area contributed by atoms with Gasteiger partial charge in [0, 0.05) is 21.7 Å². The standard InChI is InChI=1S/C12H12Cl2FNO3S/c13-7-5-9(11(15)10(6-7)20(14,18)19)12(17)16-8-3-1-2-4-8/h5-6,8H,1-4H2,(H,16,17). The van der Waals surface area contributed by atoms with Crippen LogP contribution in [-0.4, -0.2) is 20.4 Å². The number of nitrogens with one attached hydrogen (secondary N) is 1. The molecule has 1 aliphatic rings. The fraction of sp³-hybridized carbons (Fsp3) is 0.417. The van der Waals surface area contributed by atoms with Gasteiger partial charge in [0.15, 0.2) is 5.82 Å². The van der Waals surface area contributed by atoms with Gasteiger partial charge >= 0.3 is 0 Å². The number of amides is 1. The Morgan fingerprint density at radius 2 is 1.90 bits per heavy atom. The van der Waals surface area contributed by atoms with Crippen LogP contribution in [0, 0.1) is 5.82 Å².